The lowest BCUT2D eigenvalue weighted by Crippen LogP contribution is -1.90. The van der Waals surface area contributed by atoms with Gasteiger partial charge in [-0.25, -0.2) is 0 Å². The molecule has 2 heteroatoms. The standard InChI is InChI=1S/C42H24O2/c1-2-11-26(12-3-1)38-30-14-6-8-16-32(30)39(33-17-9-7-15-31(33)38)27-18-20-29-34-21-22-35-40-28-13-5-4-10-25(28)19-23-36(40)43-42(35)41(34)44-37(29)24-27/h1-24H. The van der Waals surface area contributed by atoms with E-state index < -0.39 is 0 Å². The van der Waals surface area contributed by atoms with Gasteiger partial charge < -0.3 is 8.83 Å². The molecule has 2 nitrogen and oxygen atoms in total. The maximum absolute atomic E-state index is 6.69. The van der Waals surface area contributed by atoms with Gasteiger partial charge in [0.1, 0.15) is 11.2 Å². The van der Waals surface area contributed by atoms with Crippen LogP contribution >= 0.6 is 0 Å². The largest absolute Gasteiger partial charge is 0.452 e. The number of hydrogen-bond acceptors (Lipinski definition) is 2. The van der Waals surface area contributed by atoms with Gasteiger partial charge in [0.15, 0.2) is 11.2 Å². The van der Waals surface area contributed by atoms with Crippen LogP contribution in [0, 0.1) is 0 Å². The highest BCUT2D eigenvalue weighted by molar-refractivity contribution is 6.25. The van der Waals surface area contributed by atoms with Gasteiger partial charge in [0.25, 0.3) is 0 Å². The lowest BCUT2D eigenvalue weighted by Gasteiger charge is -2.17. The van der Waals surface area contributed by atoms with Gasteiger partial charge in [-0.05, 0) is 84.9 Å². The molecule has 10 rings (SSSR count). The van der Waals surface area contributed by atoms with Crippen LogP contribution in [0.5, 0.6) is 0 Å². The zero-order chi connectivity index (χ0) is 28.8. The first-order chi connectivity index (χ1) is 21.8. The fraction of sp³-hybridized carbons (Fsp3) is 0. The van der Waals surface area contributed by atoms with E-state index in [0.717, 1.165) is 49.4 Å². The highest BCUT2D eigenvalue weighted by Crippen LogP contribution is 2.46. The van der Waals surface area contributed by atoms with Gasteiger partial charge in [0.05, 0.1) is 0 Å². The molecule has 0 bridgehead atoms. The van der Waals surface area contributed by atoms with Crippen LogP contribution < -0.4 is 0 Å². The normalized spacial score (nSPS) is 12.1. The van der Waals surface area contributed by atoms with Gasteiger partial charge in [-0.2, -0.15) is 0 Å². The van der Waals surface area contributed by atoms with E-state index in [1.165, 1.54) is 49.0 Å². The third-order valence-electron chi connectivity index (χ3n) is 9.25. The number of benzene rings is 8. The third kappa shape index (κ3) is 3.20. The quantitative estimate of drug-likeness (QED) is 0.197. The SMILES string of the molecule is c1ccc(-c2c3ccccc3c(-c3ccc4c(c3)oc3c4ccc4c3oc3ccc5ccccc5c34)c3ccccc23)cc1. The molecule has 8 aromatic carbocycles. The first kappa shape index (κ1) is 23.7. The van der Waals surface area contributed by atoms with Crippen molar-refractivity contribution in [3.8, 4) is 22.3 Å². The fourth-order valence-corrected chi connectivity index (χ4v) is 7.35. The average molecular weight is 561 g/mol. The maximum atomic E-state index is 6.69. The van der Waals surface area contributed by atoms with E-state index >= 15 is 0 Å². The molecular formula is C42H24O2. The van der Waals surface area contributed by atoms with Gasteiger partial charge in [-0.3, -0.25) is 0 Å². The molecule has 0 aliphatic carbocycles. The molecule has 0 radical (unpaired) electrons. The van der Waals surface area contributed by atoms with E-state index in [0.29, 0.717) is 0 Å². The van der Waals surface area contributed by atoms with Gasteiger partial charge in [-0.15, -0.1) is 0 Å². The summed E-state index contributed by atoms with van der Waals surface area (Å²) >= 11 is 0. The molecule has 0 fully saturated rings. The topological polar surface area (TPSA) is 26.3 Å². The highest BCUT2D eigenvalue weighted by Gasteiger charge is 2.20. The fourth-order valence-electron chi connectivity index (χ4n) is 7.35. The van der Waals surface area contributed by atoms with Crippen molar-refractivity contribution in [3.05, 3.63) is 146 Å². The van der Waals surface area contributed by atoms with Crippen LogP contribution in [-0.4, -0.2) is 0 Å². The van der Waals surface area contributed by atoms with Crippen molar-refractivity contribution in [2.75, 3.05) is 0 Å². The van der Waals surface area contributed by atoms with Crippen LogP contribution in [0.4, 0.5) is 0 Å². The summed E-state index contributed by atoms with van der Waals surface area (Å²) in [6, 6.07) is 51.9. The molecule has 0 saturated heterocycles. The highest BCUT2D eigenvalue weighted by atomic mass is 16.4. The van der Waals surface area contributed by atoms with Crippen LogP contribution in [-0.2, 0) is 0 Å². The van der Waals surface area contributed by atoms with Crippen molar-refractivity contribution in [2.24, 2.45) is 0 Å². The van der Waals surface area contributed by atoms with Crippen molar-refractivity contribution in [1.82, 2.24) is 0 Å². The molecule has 0 unspecified atom stereocenters. The summed E-state index contributed by atoms with van der Waals surface area (Å²) in [6.07, 6.45) is 0. The Morgan fingerprint density at radius 1 is 0.318 bits per heavy atom. The minimum absolute atomic E-state index is 0.795. The summed E-state index contributed by atoms with van der Waals surface area (Å²) in [6.45, 7) is 0. The average Bonchev–Trinajstić information content (AvgIpc) is 3.66. The van der Waals surface area contributed by atoms with Gasteiger partial charge in [-0.1, -0.05) is 115 Å². The van der Waals surface area contributed by atoms with Gasteiger partial charge in [0.2, 0.25) is 0 Å². The van der Waals surface area contributed by atoms with Crippen molar-refractivity contribution < 1.29 is 8.83 Å². The summed E-state index contributed by atoms with van der Waals surface area (Å²) in [4.78, 5) is 0. The Bertz CT molecular complexity index is 2700. The Hall–Kier alpha value is -5.86. The number of fused-ring (bicyclic) bond motifs is 11. The molecule has 0 atom stereocenters. The smallest absolute Gasteiger partial charge is 0.178 e. The molecule has 204 valence electrons. The zero-order valence-electron chi connectivity index (χ0n) is 23.7. The van der Waals surface area contributed by atoms with Crippen LogP contribution in [0.25, 0.3) is 98.4 Å². The summed E-state index contributed by atoms with van der Waals surface area (Å²) in [5, 5.41) is 11.7. The predicted octanol–water partition coefficient (Wildman–Crippen LogP) is 12.3. The van der Waals surface area contributed by atoms with E-state index in [2.05, 4.69) is 146 Å². The lowest BCUT2D eigenvalue weighted by atomic mass is 9.86. The Labute approximate surface area is 252 Å². The minimum atomic E-state index is 0.795. The van der Waals surface area contributed by atoms with Crippen molar-refractivity contribution in [3.63, 3.8) is 0 Å². The van der Waals surface area contributed by atoms with Crippen molar-refractivity contribution in [2.45, 2.75) is 0 Å². The zero-order valence-corrected chi connectivity index (χ0v) is 23.7. The first-order valence-electron chi connectivity index (χ1n) is 15.0. The second kappa shape index (κ2) is 8.82. The molecule has 44 heavy (non-hydrogen) atoms. The molecule has 2 heterocycles. The van der Waals surface area contributed by atoms with Crippen LogP contribution in [0.3, 0.4) is 0 Å². The third-order valence-corrected chi connectivity index (χ3v) is 9.25. The Kier molecular flexibility index (Phi) is 4.75. The summed E-state index contributed by atoms with van der Waals surface area (Å²) in [5.41, 5.74) is 8.18. The Balaban J connectivity index is 1.26. The Morgan fingerprint density at radius 2 is 0.864 bits per heavy atom. The molecule has 0 spiro atoms. The summed E-state index contributed by atoms with van der Waals surface area (Å²) in [7, 11) is 0. The Morgan fingerprint density at radius 3 is 1.59 bits per heavy atom. The first-order valence-corrected chi connectivity index (χ1v) is 15.0. The van der Waals surface area contributed by atoms with Crippen LogP contribution in [0.1, 0.15) is 0 Å². The molecule has 0 aliphatic heterocycles. The van der Waals surface area contributed by atoms with Crippen LogP contribution in [0.15, 0.2) is 154 Å². The summed E-state index contributed by atoms with van der Waals surface area (Å²) in [5.74, 6) is 0. The van der Waals surface area contributed by atoms with Gasteiger partial charge in [0, 0.05) is 21.5 Å². The maximum Gasteiger partial charge on any atom is 0.178 e. The minimum Gasteiger partial charge on any atom is -0.452 e. The number of hydrogen-bond donors (Lipinski definition) is 0. The lowest BCUT2D eigenvalue weighted by molar-refractivity contribution is 0.633. The molecule has 0 amide bonds. The van der Waals surface area contributed by atoms with Crippen molar-refractivity contribution >= 4 is 76.2 Å². The second-order valence-corrected chi connectivity index (χ2v) is 11.6. The summed E-state index contributed by atoms with van der Waals surface area (Å²) < 4.78 is 13.2. The van der Waals surface area contributed by atoms with E-state index in [1.807, 2.05) is 0 Å². The van der Waals surface area contributed by atoms with Crippen molar-refractivity contribution in [1.29, 1.82) is 0 Å². The molecule has 0 N–H and O–H groups in total. The monoisotopic (exact) mass is 560 g/mol. The van der Waals surface area contributed by atoms with E-state index in [4.69, 9.17) is 8.83 Å². The van der Waals surface area contributed by atoms with Crippen LogP contribution in [0.2, 0.25) is 0 Å². The number of rotatable bonds is 2. The molecule has 10 aromatic rings. The second-order valence-electron chi connectivity index (χ2n) is 11.6. The van der Waals surface area contributed by atoms with Gasteiger partial charge >= 0.3 is 0 Å². The van der Waals surface area contributed by atoms with E-state index in [-0.39, 0.29) is 0 Å². The molecule has 2 aromatic heterocycles. The van der Waals surface area contributed by atoms with E-state index in [9.17, 15) is 0 Å². The molecular weight excluding hydrogens is 536 g/mol. The molecule has 0 aliphatic rings. The molecule has 0 saturated carbocycles. The van der Waals surface area contributed by atoms with E-state index in [1.54, 1.807) is 0 Å². The number of furan rings is 2. The predicted molar refractivity (Wildman–Crippen MR) is 184 cm³/mol.